The minimum Gasteiger partial charge on any atom is -0.362 e. The maximum absolute atomic E-state index is 4.60. The van der Waals surface area contributed by atoms with Crippen LogP contribution in [-0.2, 0) is 6.54 Å². The summed E-state index contributed by atoms with van der Waals surface area (Å²) in [4.78, 5) is 9.87. The molecule has 1 atom stereocenters. The summed E-state index contributed by atoms with van der Waals surface area (Å²) in [6.07, 6.45) is 3.13. The Labute approximate surface area is 105 Å². The summed E-state index contributed by atoms with van der Waals surface area (Å²) < 4.78 is 0. The van der Waals surface area contributed by atoms with E-state index in [1.165, 1.54) is 17.1 Å². The van der Waals surface area contributed by atoms with Crippen LogP contribution < -0.4 is 5.32 Å². The lowest BCUT2D eigenvalue weighted by Gasteiger charge is -2.28. The Bertz CT molecular complexity index is 346. The number of aliphatic imine (C=N–C) groups is 1. The van der Waals surface area contributed by atoms with Crippen LogP contribution in [0.2, 0.25) is 0 Å². The van der Waals surface area contributed by atoms with Crippen LogP contribution in [0.25, 0.3) is 0 Å². The molecule has 1 aliphatic rings. The van der Waals surface area contributed by atoms with Crippen LogP contribution in [0.15, 0.2) is 16.7 Å². The molecule has 1 N–H and O–H groups in total. The van der Waals surface area contributed by atoms with Gasteiger partial charge in [-0.05, 0) is 12.3 Å². The minimum atomic E-state index is 0.585. The molecule has 1 aliphatic heterocycles. The van der Waals surface area contributed by atoms with Crippen molar-refractivity contribution in [3.8, 4) is 0 Å². The number of amidine groups is 1. The van der Waals surface area contributed by atoms with Gasteiger partial charge in [0.05, 0.1) is 12.1 Å². The molecule has 0 aromatic carbocycles. The van der Waals surface area contributed by atoms with Crippen LogP contribution in [0.5, 0.6) is 0 Å². The molecular weight excluding hydrogens is 238 g/mol. The predicted octanol–water partition coefficient (Wildman–Crippen LogP) is 2.75. The number of nitrogens with one attached hydrogen (secondary N) is 1. The van der Waals surface area contributed by atoms with Crippen LogP contribution >= 0.6 is 23.1 Å². The lowest BCUT2D eigenvalue weighted by Crippen LogP contribution is -2.41. The van der Waals surface area contributed by atoms with Crippen molar-refractivity contribution >= 4 is 28.3 Å². The molecule has 5 heteroatoms. The third-order valence-electron chi connectivity index (χ3n) is 2.64. The molecule has 1 fully saturated rings. The summed E-state index contributed by atoms with van der Waals surface area (Å²) in [6.45, 7) is 5.27. The second-order valence-corrected chi connectivity index (χ2v) is 6.28. The molecule has 1 saturated heterocycles. The van der Waals surface area contributed by atoms with E-state index in [0.717, 1.165) is 11.7 Å². The number of hydrogen-bond acceptors (Lipinski definition) is 4. The lowest BCUT2D eigenvalue weighted by molar-refractivity contribution is 0.442. The van der Waals surface area contributed by atoms with Crippen molar-refractivity contribution in [2.24, 2.45) is 10.9 Å². The SMILES string of the molecule is CC(C)C1CCSC(=NCc2cncs2)N1. The fraction of sp³-hybridized carbons (Fsp3) is 0.636. The first kappa shape index (κ1) is 11.9. The summed E-state index contributed by atoms with van der Waals surface area (Å²) in [5.74, 6) is 1.85. The molecule has 3 nitrogen and oxygen atoms in total. The molecule has 1 aromatic rings. The lowest BCUT2D eigenvalue weighted by atomic mass is 10.0. The molecule has 1 unspecified atom stereocenters. The summed E-state index contributed by atoms with van der Waals surface area (Å²) in [7, 11) is 0. The number of aromatic nitrogens is 1. The van der Waals surface area contributed by atoms with E-state index in [0.29, 0.717) is 12.0 Å². The fourth-order valence-corrected chi connectivity index (χ4v) is 3.09. The smallest absolute Gasteiger partial charge is 0.157 e. The molecule has 1 aromatic heterocycles. The molecule has 2 rings (SSSR count). The van der Waals surface area contributed by atoms with E-state index in [9.17, 15) is 0 Å². The largest absolute Gasteiger partial charge is 0.362 e. The van der Waals surface area contributed by atoms with Crippen molar-refractivity contribution in [2.75, 3.05) is 5.75 Å². The molecule has 0 radical (unpaired) electrons. The van der Waals surface area contributed by atoms with Crippen LogP contribution in [-0.4, -0.2) is 21.9 Å². The molecule has 0 amide bonds. The highest BCUT2D eigenvalue weighted by atomic mass is 32.2. The van der Waals surface area contributed by atoms with Crippen LogP contribution in [0.4, 0.5) is 0 Å². The standard InChI is InChI=1S/C11H17N3S2/c1-8(2)10-3-4-15-11(14-10)13-6-9-5-12-7-16-9/h5,7-8,10H,3-4,6H2,1-2H3,(H,13,14). The van der Waals surface area contributed by atoms with E-state index in [4.69, 9.17) is 0 Å². The molecule has 0 aliphatic carbocycles. The second-order valence-electron chi connectivity index (χ2n) is 4.22. The molecule has 88 valence electrons. The first-order chi connectivity index (χ1) is 7.75. The summed E-state index contributed by atoms with van der Waals surface area (Å²) in [5.41, 5.74) is 1.86. The highest BCUT2D eigenvalue weighted by Gasteiger charge is 2.19. The first-order valence-electron chi connectivity index (χ1n) is 5.57. The normalized spacial score (nSPS) is 23.7. The summed E-state index contributed by atoms with van der Waals surface area (Å²) >= 11 is 3.49. The zero-order valence-electron chi connectivity index (χ0n) is 9.64. The quantitative estimate of drug-likeness (QED) is 0.902. The van der Waals surface area contributed by atoms with Gasteiger partial charge in [0.1, 0.15) is 0 Å². The highest BCUT2D eigenvalue weighted by molar-refractivity contribution is 8.13. The summed E-state index contributed by atoms with van der Waals surface area (Å²) in [6, 6.07) is 0.585. The molecule has 2 heterocycles. The Morgan fingerprint density at radius 3 is 3.19 bits per heavy atom. The van der Waals surface area contributed by atoms with Gasteiger partial charge in [-0.2, -0.15) is 0 Å². The van der Waals surface area contributed by atoms with Crippen molar-refractivity contribution in [3.63, 3.8) is 0 Å². The van der Waals surface area contributed by atoms with E-state index in [2.05, 4.69) is 29.1 Å². The van der Waals surface area contributed by atoms with E-state index >= 15 is 0 Å². The van der Waals surface area contributed by atoms with Gasteiger partial charge in [-0.25, -0.2) is 0 Å². The van der Waals surface area contributed by atoms with Gasteiger partial charge in [0.25, 0.3) is 0 Å². The van der Waals surface area contributed by atoms with Crippen molar-refractivity contribution in [3.05, 3.63) is 16.6 Å². The van der Waals surface area contributed by atoms with E-state index in [1.54, 1.807) is 11.3 Å². The molecule has 0 saturated carbocycles. The Balaban J connectivity index is 1.91. The maximum Gasteiger partial charge on any atom is 0.157 e. The van der Waals surface area contributed by atoms with Gasteiger partial charge in [0.15, 0.2) is 5.17 Å². The topological polar surface area (TPSA) is 37.3 Å². The van der Waals surface area contributed by atoms with Crippen molar-refractivity contribution in [1.29, 1.82) is 0 Å². The van der Waals surface area contributed by atoms with Gasteiger partial charge in [-0.1, -0.05) is 25.6 Å². The second kappa shape index (κ2) is 5.68. The molecular formula is C11H17N3S2. The monoisotopic (exact) mass is 255 g/mol. The van der Waals surface area contributed by atoms with Crippen molar-refractivity contribution in [2.45, 2.75) is 32.9 Å². The number of hydrogen-bond donors (Lipinski definition) is 1. The van der Waals surface area contributed by atoms with Crippen molar-refractivity contribution in [1.82, 2.24) is 10.3 Å². The first-order valence-corrected chi connectivity index (χ1v) is 7.43. The van der Waals surface area contributed by atoms with Crippen LogP contribution in [0.1, 0.15) is 25.1 Å². The number of nitrogens with zero attached hydrogens (tertiary/aromatic N) is 2. The van der Waals surface area contributed by atoms with Gasteiger partial charge < -0.3 is 5.32 Å². The van der Waals surface area contributed by atoms with Gasteiger partial charge >= 0.3 is 0 Å². The fourth-order valence-electron chi connectivity index (χ4n) is 1.62. The van der Waals surface area contributed by atoms with Gasteiger partial charge in [0.2, 0.25) is 0 Å². The molecule has 0 spiro atoms. The van der Waals surface area contributed by atoms with Gasteiger partial charge in [0, 0.05) is 22.9 Å². The Morgan fingerprint density at radius 2 is 2.50 bits per heavy atom. The average molecular weight is 255 g/mol. The molecule has 0 bridgehead atoms. The Hall–Kier alpha value is -0.550. The number of thioether (sulfide) groups is 1. The van der Waals surface area contributed by atoms with E-state index in [-0.39, 0.29) is 0 Å². The van der Waals surface area contributed by atoms with Gasteiger partial charge in [-0.3, -0.25) is 9.98 Å². The van der Waals surface area contributed by atoms with E-state index in [1.807, 2.05) is 23.5 Å². The number of thiazole rings is 1. The third kappa shape index (κ3) is 3.22. The predicted molar refractivity (Wildman–Crippen MR) is 72.1 cm³/mol. The Morgan fingerprint density at radius 1 is 1.62 bits per heavy atom. The zero-order chi connectivity index (χ0) is 11.4. The average Bonchev–Trinajstić information content (AvgIpc) is 2.79. The molecule has 16 heavy (non-hydrogen) atoms. The maximum atomic E-state index is 4.60. The Kier molecular flexibility index (Phi) is 4.23. The third-order valence-corrected chi connectivity index (χ3v) is 4.37. The summed E-state index contributed by atoms with van der Waals surface area (Å²) in [5, 5.41) is 4.61. The van der Waals surface area contributed by atoms with Crippen LogP contribution in [0, 0.1) is 5.92 Å². The van der Waals surface area contributed by atoms with Crippen LogP contribution in [0.3, 0.4) is 0 Å². The van der Waals surface area contributed by atoms with Gasteiger partial charge in [-0.15, -0.1) is 11.3 Å². The van der Waals surface area contributed by atoms with Crippen molar-refractivity contribution < 1.29 is 0 Å². The zero-order valence-corrected chi connectivity index (χ0v) is 11.3. The number of rotatable bonds is 3. The van der Waals surface area contributed by atoms with E-state index < -0.39 is 0 Å². The minimum absolute atomic E-state index is 0.585. The highest BCUT2D eigenvalue weighted by Crippen LogP contribution is 2.19.